The molecule has 4 aromatic rings. The fraction of sp³-hybridized carbons (Fsp3) is 0.267. The number of benzene rings is 3. The van der Waals surface area contributed by atoms with E-state index in [1.54, 1.807) is 19.1 Å². The van der Waals surface area contributed by atoms with E-state index in [1.807, 2.05) is 6.07 Å². The van der Waals surface area contributed by atoms with Gasteiger partial charge in [0.1, 0.15) is 10.8 Å². The van der Waals surface area contributed by atoms with Gasteiger partial charge in [0.2, 0.25) is 0 Å². The van der Waals surface area contributed by atoms with Crippen LogP contribution in [-0.4, -0.2) is 21.7 Å². The lowest BCUT2D eigenvalue weighted by atomic mass is 10.1. The average molecular weight is 626 g/mol. The van der Waals surface area contributed by atoms with E-state index in [1.165, 1.54) is 61.2 Å². The third kappa shape index (κ3) is 7.65. The van der Waals surface area contributed by atoms with Crippen molar-refractivity contribution in [3.05, 3.63) is 99.6 Å². The van der Waals surface area contributed by atoms with Crippen molar-refractivity contribution in [1.29, 1.82) is 0 Å². The van der Waals surface area contributed by atoms with Crippen molar-refractivity contribution in [2.75, 3.05) is 0 Å². The van der Waals surface area contributed by atoms with Crippen LogP contribution in [0, 0.1) is 6.92 Å². The summed E-state index contributed by atoms with van der Waals surface area (Å²) in [5, 5.41) is 9.84. The molecule has 3 aromatic carbocycles. The van der Waals surface area contributed by atoms with Gasteiger partial charge in [-0.15, -0.1) is 23.1 Å². The Kier molecular flexibility index (Phi) is 8.98. The summed E-state index contributed by atoms with van der Waals surface area (Å²) in [6, 6.07) is 14.8. The Morgan fingerprint density at radius 1 is 0.905 bits per heavy atom. The summed E-state index contributed by atoms with van der Waals surface area (Å²) < 4.78 is 83.8. The number of rotatable bonds is 9. The Morgan fingerprint density at radius 3 is 2.00 bits per heavy atom. The molecule has 0 aliphatic carbocycles. The van der Waals surface area contributed by atoms with Crippen LogP contribution in [0.15, 0.2) is 71.6 Å². The summed E-state index contributed by atoms with van der Waals surface area (Å²) >= 11 is 2.77. The molecule has 1 aromatic heterocycles. The van der Waals surface area contributed by atoms with E-state index in [9.17, 15) is 36.2 Å². The summed E-state index contributed by atoms with van der Waals surface area (Å²) in [6.07, 6.45) is -8.70. The molecule has 222 valence electrons. The topological polar surface area (TPSA) is 59.4 Å². The van der Waals surface area contributed by atoms with Crippen LogP contribution in [0.5, 0.6) is 5.75 Å². The molecule has 0 saturated carbocycles. The van der Waals surface area contributed by atoms with Gasteiger partial charge in [-0.2, -0.15) is 26.3 Å². The molecular weight excluding hydrogens is 600 g/mol. The number of halogens is 6. The maximum atomic E-state index is 13.0. The molecule has 0 atom stereocenters. The number of carboxylic acids is 1. The van der Waals surface area contributed by atoms with E-state index >= 15 is 0 Å². The predicted octanol–water partition coefficient (Wildman–Crippen LogP) is 9.28. The Bertz CT molecular complexity index is 1560. The van der Waals surface area contributed by atoms with Crippen LogP contribution in [0.25, 0.3) is 10.6 Å². The second kappa shape index (κ2) is 12.0. The second-order valence-corrected chi connectivity index (χ2v) is 12.1. The SMILES string of the molecule is Cc1cc(SCc2sc(-c3ccc(C(F)(F)F)cc3)nc2Cc2ccc(C(F)(F)F)cc2)ccc1OC(C)(C)C(=O)O. The fourth-order valence-electron chi connectivity index (χ4n) is 3.86. The van der Waals surface area contributed by atoms with Gasteiger partial charge < -0.3 is 9.84 Å². The van der Waals surface area contributed by atoms with Crippen molar-refractivity contribution in [3.63, 3.8) is 0 Å². The van der Waals surface area contributed by atoms with Crippen molar-refractivity contribution in [2.45, 2.75) is 55.8 Å². The highest BCUT2D eigenvalue weighted by molar-refractivity contribution is 7.98. The van der Waals surface area contributed by atoms with Crippen molar-refractivity contribution < 1.29 is 41.0 Å². The van der Waals surface area contributed by atoms with Crippen LogP contribution in [0.1, 0.15) is 46.7 Å². The molecule has 0 amide bonds. The number of aliphatic carboxylic acids is 1. The maximum absolute atomic E-state index is 13.0. The predicted molar refractivity (Wildman–Crippen MR) is 150 cm³/mol. The molecule has 0 saturated heterocycles. The standard InChI is InChI=1S/C30H25F6NO3S2/c1-17-14-22(12-13-24(17)40-28(2,3)27(38)39)41-16-25-23(15-18-4-8-20(9-5-18)29(31,32)33)37-26(42-25)19-6-10-21(11-7-19)30(34,35)36/h4-14H,15-16H2,1-3H3,(H,38,39). The highest BCUT2D eigenvalue weighted by Gasteiger charge is 2.32. The quantitative estimate of drug-likeness (QED) is 0.148. The molecule has 0 spiro atoms. The van der Waals surface area contributed by atoms with Gasteiger partial charge in [-0.25, -0.2) is 9.78 Å². The van der Waals surface area contributed by atoms with Crippen LogP contribution >= 0.6 is 23.1 Å². The minimum Gasteiger partial charge on any atom is -0.478 e. The number of thioether (sulfide) groups is 1. The number of carbonyl (C=O) groups is 1. The minimum atomic E-state index is -4.47. The van der Waals surface area contributed by atoms with Crippen molar-refractivity contribution in [3.8, 4) is 16.3 Å². The number of aryl methyl sites for hydroxylation is 1. The largest absolute Gasteiger partial charge is 0.478 e. The summed E-state index contributed by atoms with van der Waals surface area (Å²) in [4.78, 5) is 17.8. The molecule has 0 aliphatic rings. The fourth-order valence-corrected chi connectivity index (χ4v) is 6.04. The highest BCUT2D eigenvalue weighted by Crippen LogP contribution is 2.37. The number of carboxylic acid groups (broad SMARTS) is 1. The molecule has 0 fully saturated rings. The number of alkyl halides is 6. The number of hydrogen-bond donors (Lipinski definition) is 1. The van der Waals surface area contributed by atoms with Gasteiger partial charge in [0.05, 0.1) is 16.8 Å². The number of thiazole rings is 1. The summed E-state index contributed by atoms with van der Waals surface area (Å²) in [6.45, 7) is 4.70. The molecule has 1 N–H and O–H groups in total. The number of hydrogen-bond acceptors (Lipinski definition) is 5. The van der Waals surface area contributed by atoms with Crippen molar-refractivity contribution in [1.82, 2.24) is 4.98 Å². The van der Waals surface area contributed by atoms with E-state index < -0.39 is 35.0 Å². The zero-order chi connectivity index (χ0) is 30.9. The molecule has 0 aliphatic heterocycles. The molecule has 4 rings (SSSR count). The molecule has 1 heterocycles. The lowest BCUT2D eigenvalue weighted by Gasteiger charge is -2.23. The molecule has 0 bridgehead atoms. The van der Waals surface area contributed by atoms with Gasteiger partial charge in [-0.1, -0.05) is 24.3 Å². The van der Waals surface area contributed by atoms with E-state index in [4.69, 9.17) is 4.74 Å². The Hall–Kier alpha value is -3.51. The maximum Gasteiger partial charge on any atom is 0.416 e. The smallest absolute Gasteiger partial charge is 0.416 e. The Balaban J connectivity index is 1.59. The first-order valence-corrected chi connectivity index (χ1v) is 14.3. The molecule has 0 radical (unpaired) electrons. The monoisotopic (exact) mass is 625 g/mol. The van der Waals surface area contributed by atoms with Gasteiger partial charge in [-0.3, -0.25) is 0 Å². The average Bonchev–Trinajstić information content (AvgIpc) is 3.30. The number of aromatic nitrogens is 1. The van der Waals surface area contributed by atoms with E-state index in [-0.39, 0.29) is 6.42 Å². The molecule has 4 nitrogen and oxygen atoms in total. The normalized spacial score (nSPS) is 12.4. The zero-order valence-electron chi connectivity index (χ0n) is 22.6. The Morgan fingerprint density at radius 2 is 1.48 bits per heavy atom. The third-order valence-corrected chi connectivity index (χ3v) is 8.64. The molecular formula is C30H25F6NO3S2. The minimum absolute atomic E-state index is 0.237. The first-order valence-electron chi connectivity index (χ1n) is 12.5. The summed E-state index contributed by atoms with van der Waals surface area (Å²) in [5.74, 6) is -0.235. The van der Waals surface area contributed by atoms with E-state index in [2.05, 4.69) is 4.98 Å². The van der Waals surface area contributed by atoms with Crippen LogP contribution in [0.3, 0.4) is 0 Å². The van der Waals surface area contributed by atoms with Crippen molar-refractivity contribution >= 4 is 29.1 Å². The number of ether oxygens (including phenoxy) is 1. The third-order valence-electron chi connectivity index (χ3n) is 6.29. The lowest BCUT2D eigenvalue weighted by molar-refractivity contribution is -0.152. The van der Waals surface area contributed by atoms with Gasteiger partial charge >= 0.3 is 18.3 Å². The van der Waals surface area contributed by atoms with Crippen LogP contribution < -0.4 is 4.74 Å². The van der Waals surface area contributed by atoms with Gasteiger partial charge in [0, 0.05) is 27.5 Å². The van der Waals surface area contributed by atoms with Gasteiger partial charge in [0.25, 0.3) is 0 Å². The van der Waals surface area contributed by atoms with E-state index in [0.29, 0.717) is 33.3 Å². The van der Waals surface area contributed by atoms with Gasteiger partial charge in [-0.05, 0) is 74.4 Å². The first kappa shape index (κ1) is 31.4. The first-order chi connectivity index (χ1) is 19.5. The van der Waals surface area contributed by atoms with E-state index in [0.717, 1.165) is 39.6 Å². The highest BCUT2D eigenvalue weighted by atomic mass is 32.2. The van der Waals surface area contributed by atoms with Crippen LogP contribution in [-0.2, 0) is 29.3 Å². The zero-order valence-corrected chi connectivity index (χ0v) is 24.2. The summed E-state index contributed by atoms with van der Waals surface area (Å²) in [7, 11) is 0. The van der Waals surface area contributed by atoms with Gasteiger partial charge in [0.15, 0.2) is 5.60 Å². The van der Waals surface area contributed by atoms with Crippen LogP contribution in [0.4, 0.5) is 26.3 Å². The second-order valence-electron chi connectivity index (χ2n) is 9.97. The summed E-state index contributed by atoms with van der Waals surface area (Å²) in [5.41, 5.74) is -0.507. The lowest BCUT2D eigenvalue weighted by Crippen LogP contribution is -2.38. The van der Waals surface area contributed by atoms with Crippen LogP contribution in [0.2, 0.25) is 0 Å². The molecule has 0 unspecified atom stereocenters. The van der Waals surface area contributed by atoms with Crippen molar-refractivity contribution in [2.24, 2.45) is 0 Å². The number of nitrogens with zero attached hydrogens (tertiary/aromatic N) is 1. The molecule has 12 heteroatoms. The molecule has 42 heavy (non-hydrogen) atoms. The Labute approximate surface area is 246 Å².